The number of phenolic OH excluding ortho intramolecular Hbond substituents is 1. The third-order valence-electron chi connectivity index (χ3n) is 8.65. The van der Waals surface area contributed by atoms with Crippen molar-refractivity contribution in [2.24, 2.45) is 0 Å². The molecule has 0 radical (unpaired) electrons. The first kappa shape index (κ1) is 29.8. The Hall–Kier alpha value is -3.89. The van der Waals surface area contributed by atoms with Crippen LogP contribution in [-0.2, 0) is 16.9 Å². The van der Waals surface area contributed by atoms with Crippen LogP contribution in [-0.4, -0.2) is 52.3 Å². The zero-order valence-corrected chi connectivity index (χ0v) is 26.8. The molecule has 228 valence electrons. The Labute approximate surface area is 275 Å². The Bertz CT molecular complexity index is 1790. The molecule has 0 bridgehead atoms. The van der Waals surface area contributed by atoms with Gasteiger partial charge in [-0.05, 0) is 82.9 Å². The number of nitrogens with zero attached hydrogens (tertiary/aromatic N) is 5. The molecule has 0 aliphatic carbocycles. The van der Waals surface area contributed by atoms with Gasteiger partial charge in [-0.3, -0.25) is 10.1 Å². The SMILES string of the molecule is CC1(C)S[C@@H]2C(NC(c3ccccc3)(c3ccc(Cl)cc3)c3ccc(Cl)cc3)C(=O)N2C1c1nnnn1Cc1ccc(O)cc1. The number of halogens is 2. The number of rotatable bonds is 8. The first-order chi connectivity index (χ1) is 21.7. The molecule has 2 saturated heterocycles. The summed E-state index contributed by atoms with van der Waals surface area (Å²) in [7, 11) is 0. The zero-order valence-electron chi connectivity index (χ0n) is 24.5. The van der Waals surface area contributed by atoms with Crippen LogP contribution in [0.15, 0.2) is 103 Å². The lowest BCUT2D eigenvalue weighted by Gasteiger charge is -2.49. The molecule has 1 amide bonds. The number of fused-ring (bicyclic) bond motifs is 1. The molecule has 2 aliphatic rings. The van der Waals surface area contributed by atoms with Crippen molar-refractivity contribution >= 4 is 40.9 Å². The van der Waals surface area contributed by atoms with Crippen molar-refractivity contribution in [3.63, 3.8) is 0 Å². The van der Waals surface area contributed by atoms with Gasteiger partial charge in [-0.25, -0.2) is 4.68 Å². The summed E-state index contributed by atoms with van der Waals surface area (Å²) in [5.74, 6) is 0.797. The first-order valence-corrected chi connectivity index (χ1v) is 16.2. The summed E-state index contributed by atoms with van der Waals surface area (Å²) in [5.41, 5.74) is 2.94. The molecule has 2 fully saturated rings. The van der Waals surface area contributed by atoms with E-state index in [4.69, 9.17) is 23.2 Å². The molecule has 45 heavy (non-hydrogen) atoms. The summed E-state index contributed by atoms with van der Waals surface area (Å²) < 4.78 is 1.36. The number of aromatic nitrogens is 4. The zero-order chi connectivity index (χ0) is 31.3. The molecule has 11 heteroatoms. The number of benzene rings is 4. The largest absolute Gasteiger partial charge is 0.508 e. The van der Waals surface area contributed by atoms with Crippen molar-refractivity contribution in [1.29, 1.82) is 0 Å². The highest BCUT2D eigenvalue weighted by molar-refractivity contribution is 8.01. The summed E-state index contributed by atoms with van der Waals surface area (Å²) in [6.45, 7) is 4.68. The first-order valence-electron chi connectivity index (χ1n) is 14.6. The minimum absolute atomic E-state index is 0.0227. The Morgan fingerprint density at radius 2 is 1.44 bits per heavy atom. The van der Waals surface area contributed by atoms with Crippen molar-refractivity contribution in [3.8, 4) is 5.75 Å². The molecule has 5 aromatic rings. The second kappa shape index (κ2) is 11.5. The number of nitrogens with one attached hydrogen (secondary N) is 1. The normalized spacial score (nSPS) is 20.6. The van der Waals surface area contributed by atoms with Gasteiger partial charge in [0.25, 0.3) is 0 Å². The van der Waals surface area contributed by atoms with Crippen molar-refractivity contribution in [1.82, 2.24) is 30.4 Å². The van der Waals surface area contributed by atoms with Gasteiger partial charge < -0.3 is 10.0 Å². The highest BCUT2D eigenvalue weighted by Gasteiger charge is 2.64. The predicted molar refractivity (Wildman–Crippen MR) is 176 cm³/mol. The van der Waals surface area contributed by atoms with E-state index in [0.717, 1.165) is 22.3 Å². The highest BCUT2D eigenvalue weighted by atomic mass is 35.5. The van der Waals surface area contributed by atoms with E-state index >= 15 is 0 Å². The maximum Gasteiger partial charge on any atom is 0.244 e. The maximum absolute atomic E-state index is 14.3. The Balaban J connectivity index is 1.27. The van der Waals surface area contributed by atoms with E-state index in [1.54, 1.807) is 28.6 Å². The molecule has 1 aromatic heterocycles. The minimum atomic E-state index is -0.883. The fraction of sp³-hybridized carbons (Fsp3) is 0.235. The quantitative estimate of drug-likeness (QED) is 0.147. The van der Waals surface area contributed by atoms with Crippen LogP contribution in [0.1, 0.15) is 48.0 Å². The molecule has 4 aromatic carbocycles. The molecule has 2 N–H and O–H groups in total. The molecular weight excluding hydrogens is 627 g/mol. The number of amides is 1. The number of carbonyl (C=O) groups is 1. The summed E-state index contributed by atoms with van der Waals surface area (Å²) in [5, 5.41) is 27.4. The van der Waals surface area contributed by atoms with Crippen LogP contribution in [0.4, 0.5) is 0 Å². The van der Waals surface area contributed by atoms with Gasteiger partial charge in [0.2, 0.25) is 5.91 Å². The van der Waals surface area contributed by atoms with Gasteiger partial charge in [0.1, 0.15) is 23.2 Å². The second-order valence-corrected chi connectivity index (χ2v) is 14.5. The molecule has 8 nitrogen and oxygen atoms in total. The molecule has 2 unspecified atom stereocenters. The average Bonchev–Trinajstić information content (AvgIpc) is 3.59. The number of phenols is 1. The highest BCUT2D eigenvalue weighted by Crippen LogP contribution is 2.57. The fourth-order valence-corrected chi connectivity index (χ4v) is 8.41. The van der Waals surface area contributed by atoms with Crippen LogP contribution in [0, 0.1) is 0 Å². The topological polar surface area (TPSA) is 96.2 Å². The molecule has 2 aliphatic heterocycles. The third-order valence-corrected chi connectivity index (χ3v) is 10.7. The van der Waals surface area contributed by atoms with Crippen LogP contribution in [0.5, 0.6) is 5.75 Å². The van der Waals surface area contributed by atoms with Gasteiger partial charge in [0, 0.05) is 14.8 Å². The number of hydrogen-bond donors (Lipinski definition) is 2. The van der Waals surface area contributed by atoms with E-state index < -0.39 is 11.6 Å². The minimum Gasteiger partial charge on any atom is -0.508 e. The number of tetrazole rings is 1. The molecule has 0 spiro atoms. The van der Waals surface area contributed by atoms with E-state index in [-0.39, 0.29) is 27.8 Å². The monoisotopic (exact) mass is 656 g/mol. The number of hydrogen-bond acceptors (Lipinski definition) is 7. The third kappa shape index (κ3) is 5.17. The number of β-lactam (4-membered cyclic amide) rings is 1. The predicted octanol–water partition coefficient (Wildman–Crippen LogP) is 6.42. The molecular formula is C34H30Cl2N6O2S. The fourth-order valence-electron chi connectivity index (χ4n) is 6.53. The van der Waals surface area contributed by atoms with Crippen LogP contribution in [0.3, 0.4) is 0 Å². The lowest BCUT2D eigenvalue weighted by Crippen LogP contribution is -2.70. The van der Waals surface area contributed by atoms with Gasteiger partial charge in [-0.1, -0.05) is 89.9 Å². The van der Waals surface area contributed by atoms with E-state index in [1.165, 1.54) is 0 Å². The van der Waals surface area contributed by atoms with Gasteiger partial charge in [-0.2, -0.15) is 0 Å². The lowest BCUT2D eigenvalue weighted by molar-refractivity contribution is -0.150. The van der Waals surface area contributed by atoms with E-state index in [1.807, 2.05) is 83.8 Å². The van der Waals surface area contributed by atoms with Gasteiger partial charge in [-0.15, -0.1) is 16.9 Å². The average molecular weight is 658 g/mol. The van der Waals surface area contributed by atoms with Crippen LogP contribution in [0.25, 0.3) is 0 Å². The summed E-state index contributed by atoms with van der Waals surface area (Å²) in [4.78, 5) is 16.2. The summed E-state index contributed by atoms with van der Waals surface area (Å²) in [6.07, 6.45) is 0. The Morgan fingerprint density at radius 1 is 0.867 bits per heavy atom. The van der Waals surface area contributed by atoms with Crippen molar-refractivity contribution in [3.05, 3.63) is 141 Å². The van der Waals surface area contributed by atoms with Gasteiger partial charge >= 0.3 is 0 Å². The van der Waals surface area contributed by atoms with Gasteiger partial charge in [0.15, 0.2) is 5.82 Å². The summed E-state index contributed by atoms with van der Waals surface area (Å²) in [6, 6.07) is 31.7. The summed E-state index contributed by atoms with van der Waals surface area (Å²) >= 11 is 14.4. The lowest BCUT2D eigenvalue weighted by atomic mass is 9.76. The van der Waals surface area contributed by atoms with Crippen LogP contribution >= 0.6 is 35.0 Å². The van der Waals surface area contributed by atoms with E-state index in [0.29, 0.717) is 22.4 Å². The molecule has 3 heterocycles. The van der Waals surface area contributed by atoms with E-state index in [9.17, 15) is 9.90 Å². The van der Waals surface area contributed by atoms with Crippen LogP contribution in [0.2, 0.25) is 10.0 Å². The van der Waals surface area contributed by atoms with Crippen molar-refractivity contribution in [2.45, 2.75) is 48.1 Å². The maximum atomic E-state index is 14.3. The number of carbonyl (C=O) groups excluding carboxylic acids is 1. The number of aromatic hydroxyl groups is 1. The van der Waals surface area contributed by atoms with Gasteiger partial charge in [0.05, 0.1) is 12.1 Å². The van der Waals surface area contributed by atoms with Crippen molar-refractivity contribution < 1.29 is 9.90 Å². The van der Waals surface area contributed by atoms with Crippen LogP contribution < -0.4 is 5.32 Å². The molecule has 3 atom stereocenters. The Kier molecular flexibility index (Phi) is 7.60. The molecule has 7 rings (SSSR count). The number of thioether (sulfide) groups is 1. The van der Waals surface area contributed by atoms with E-state index in [2.05, 4.69) is 46.8 Å². The molecule has 0 saturated carbocycles. The second-order valence-electron chi connectivity index (χ2n) is 11.9. The van der Waals surface area contributed by atoms with Crippen molar-refractivity contribution in [2.75, 3.05) is 0 Å². The smallest absolute Gasteiger partial charge is 0.244 e. The standard InChI is InChI=1S/C34H30Cl2N6O2S/c1-33(2)29(30-38-39-40-41(30)20-21-8-18-27(43)19-9-21)42-31(44)28(32(42)45-33)37-34(22-6-4-3-5-7-22,23-10-14-25(35)15-11-23)24-12-16-26(36)17-13-24/h3-19,28-29,32,37,43H,20H2,1-2H3/t28?,29?,32-/m1/s1. The Morgan fingerprint density at radius 3 is 2.04 bits per heavy atom.